The number of imidazole rings is 1. The van der Waals surface area contributed by atoms with Gasteiger partial charge in [-0.25, -0.2) is 4.98 Å². The zero-order valence-corrected chi connectivity index (χ0v) is 14.3. The highest BCUT2D eigenvalue weighted by Gasteiger charge is 2.43. The van der Waals surface area contributed by atoms with E-state index in [-0.39, 0.29) is 5.60 Å². The molecule has 3 heterocycles. The molecule has 5 heteroatoms. The summed E-state index contributed by atoms with van der Waals surface area (Å²) in [5.41, 5.74) is 1.19. The SMILES string of the molecule is Cn1ccnc1CN1CCC[C@]2(C[C@H](Nc3ccccc3)CO2)C1. The summed E-state index contributed by atoms with van der Waals surface area (Å²) >= 11 is 0. The molecule has 0 radical (unpaired) electrons. The fraction of sp³-hybridized carbons (Fsp3) is 0.526. The van der Waals surface area contributed by atoms with Crippen molar-refractivity contribution in [1.29, 1.82) is 0 Å². The molecule has 2 aliphatic rings. The third-order valence-corrected chi connectivity index (χ3v) is 5.26. The molecule has 24 heavy (non-hydrogen) atoms. The van der Waals surface area contributed by atoms with E-state index >= 15 is 0 Å². The standard InChI is InChI=1S/C19H26N4O/c1-22-11-9-20-18(22)13-23-10-5-8-19(15-23)12-17(14-24-19)21-16-6-3-2-4-7-16/h2-4,6-7,9,11,17,21H,5,8,10,12-15H2,1H3/t17-,19-/m0/s1. The minimum Gasteiger partial charge on any atom is -0.380 e. The first kappa shape index (κ1) is 15.7. The van der Waals surface area contributed by atoms with Crippen LogP contribution in [0.3, 0.4) is 0 Å². The van der Waals surface area contributed by atoms with E-state index in [1.165, 1.54) is 12.1 Å². The second-order valence-corrected chi connectivity index (χ2v) is 7.17. The second kappa shape index (κ2) is 6.57. The molecule has 128 valence electrons. The number of likely N-dealkylation sites (tertiary alicyclic amines) is 1. The van der Waals surface area contributed by atoms with E-state index in [9.17, 15) is 0 Å². The number of piperidine rings is 1. The Hall–Kier alpha value is -1.85. The number of ether oxygens (including phenoxy) is 1. The molecule has 2 aromatic rings. The zero-order chi connectivity index (χ0) is 16.4. The topological polar surface area (TPSA) is 42.3 Å². The summed E-state index contributed by atoms with van der Waals surface area (Å²) in [6, 6.07) is 10.8. The summed E-state index contributed by atoms with van der Waals surface area (Å²) in [5, 5.41) is 3.62. The van der Waals surface area contributed by atoms with Crippen LogP contribution in [0.5, 0.6) is 0 Å². The number of hydrogen-bond acceptors (Lipinski definition) is 4. The van der Waals surface area contributed by atoms with Crippen LogP contribution in [0.2, 0.25) is 0 Å². The smallest absolute Gasteiger partial charge is 0.122 e. The minimum absolute atomic E-state index is 0.00978. The Bertz CT molecular complexity index is 671. The van der Waals surface area contributed by atoms with Crippen molar-refractivity contribution in [2.45, 2.75) is 37.5 Å². The first-order chi connectivity index (χ1) is 11.7. The van der Waals surface area contributed by atoms with Gasteiger partial charge in [-0.15, -0.1) is 0 Å². The molecule has 2 saturated heterocycles. The monoisotopic (exact) mass is 326 g/mol. The average Bonchev–Trinajstić information content (AvgIpc) is 3.16. The van der Waals surface area contributed by atoms with Gasteiger partial charge in [0.1, 0.15) is 5.82 Å². The maximum absolute atomic E-state index is 6.31. The number of nitrogens with one attached hydrogen (secondary N) is 1. The Kier molecular flexibility index (Phi) is 4.29. The summed E-state index contributed by atoms with van der Waals surface area (Å²) < 4.78 is 8.42. The number of benzene rings is 1. The predicted molar refractivity (Wildman–Crippen MR) is 94.9 cm³/mol. The van der Waals surface area contributed by atoms with Crippen molar-refractivity contribution >= 4 is 5.69 Å². The molecule has 1 aromatic heterocycles. The molecule has 0 unspecified atom stereocenters. The van der Waals surface area contributed by atoms with Crippen LogP contribution in [0.15, 0.2) is 42.7 Å². The lowest BCUT2D eigenvalue weighted by Crippen LogP contribution is -2.48. The fourth-order valence-electron chi connectivity index (χ4n) is 4.07. The number of para-hydroxylation sites is 1. The van der Waals surface area contributed by atoms with Gasteiger partial charge in [0.15, 0.2) is 0 Å². The Morgan fingerprint density at radius 3 is 3.00 bits per heavy atom. The van der Waals surface area contributed by atoms with E-state index in [1.807, 2.05) is 12.4 Å². The van der Waals surface area contributed by atoms with Crippen molar-refractivity contribution in [2.24, 2.45) is 7.05 Å². The van der Waals surface area contributed by atoms with E-state index < -0.39 is 0 Å². The van der Waals surface area contributed by atoms with Crippen molar-refractivity contribution in [2.75, 3.05) is 25.0 Å². The van der Waals surface area contributed by atoms with E-state index in [0.29, 0.717) is 6.04 Å². The van der Waals surface area contributed by atoms with Gasteiger partial charge in [0.05, 0.1) is 24.8 Å². The van der Waals surface area contributed by atoms with Crippen LogP contribution in [0.1, 0.15) is 25.1 Å². The van der Waals surface area contributed by atoms with Crippen molar-refractivity contribution in [3.05, 3.63) is 48.5 Å². The summed E-state index contributed by atoms with van der Waals surface area (Å²) in [6.07, 6.45) is 7.33. The highest BCUT2D eigenvalue weighted by molar-refractivity contribution is 5.43. The molecule has 0 saturated carbocycles. The number of aromatic nitrogens is 2. The van der Waals surface area contributed by atoms with Crippen LogP contribution in [0.25, 0.3) is 0 Å². The highest BCUT2D eigenvalue weighted by Crippen LogP contribution is 2.36. The minimum atomic E-state index is 0.00978. The summed E-state index contributed by atoms with van der Waals surface area (Å²) in [6.45, 7) is 3.85. The van der Waals surface area contributed by atoms with Crippen LogP contribution >= 0.6 is 0 Å². The van der Waals surface area contributed by atoms with Crippen LogP contribution in [0, 0.1) is 0 Å². The average molecular weight is 326 g/mol. The van der Waals surface area contributed by atoms with Gasteiger partial charge in [0.2, 0.25) is 0 Å². The number of aryl methyl sites for hydroxylation is 1. The van der Waals surface area contributed by atoms with Gasteiger partial charge < -0.3 is 14.6 Å². The van der Waals surface area contributed by atoms with Gasteiger partial charge in [0, 0.05) is 31.7 Å². The van der Waals surface area contributed by atoms with E-state index in [4.69, 9.17) is 4.74 Å². The molecule has 2 fully saturated rings. The summed E-state index contributed by atoms with van der Waals surface area (Å²) in [7, 11) is 2.06. The Labute approximate surface area is 143 Å². The molecular formula is C19H26N4O. The molecule has 1 N–H and O–H groups in total. The molecule has 5 nitrogen and oxygen atoms in total. The van der Waals surface area contributed by atoms with Gasteiger partial charge in [-0.1, -0.05) is 18.2 Å². The number of rotatable bonds is 4. The molecular weight excluding hydrogens is 300 g/mol. The fourth-order valence-corrected chi connectivity index (χ4v) is 4.07. The van der Waals surface area contributed by atoms with Crippen molar-refractivity contribution < 1.29 is 4.74 Å². The lowest BCUT2D eigenvalue weighted by atomic mass is 9.88. The summed E-state index contributed by atoms with van der Waals surface area (Å²) in [4.78, 5) is 6.96. The van der Waals surface area contributed by atoms with Crippen LogP contribution in [0.4, 0.5) is 5.69 Å². The first-order valence-electron chi connectivity index (χ1n) is 8.87. The van der Waals surface area contributed by atoms with Crippen molar-refractivity contribution in [3.63, 3.8) is 0 Å². The zero-order valence-electron chi connectivity index (χ0n) is 14.3. The molecule has 1 aromatic carbocycles. The van der Waals surface area contributed by atoms with Gasteiger partial charge in [0.25, 0.3) is 0 Å². The van der Waals surface area contributed by atoms with Crippen LogP contribution in [-0.2, 0) is 18.3 Å². The first-order valence-corrected chi connectivity index (χ1v) is 8.87. The van der Waals surface area contributed by atoms with Gasteiger partial charge in [-0.3, -0.25) is 4.90 Å². The Morgan fingerprint density at radius 1 is 1.33 bits per heavy atom. The maximum Gasteiger partial charge on any atom is 0.122 e. The largest absolute Gasteiger partial charge is 0.380 e. The second-order valence-electron chi connectivity index (χ2n) is 7.17. The molecule has 0 aliphatic carbocycles. The lowest BCUT2D eigenvalue weighted by Gasteiger charge is -2.39. The molecule has 2 atom stereocenters. The number of hydrogen-bond donors (Lipinski definition) is 1. The van der Waals surface area contributed by atoms with Gasteiger partial charge in [-0.05, 0) is 37.9 Å². The van der Waals surface area contributed by atoms with E-state index in [0.717, 1.165) is 44.9 Å². The maximum atomic E-state index is 6.31. The lowest BCUT2D eigenvalue weighted by molar-refractivity contribution is -0.0539. The normalized spacial score (nSPS) is 27.6. The highest BCUT2D eigenvalue weighted by atomic mass is 16.5. The molecule has 0 amide bonds. The molecule has 1 spiro atoms. The number of nitrogens with zero attached hydrogens (tertiary/aromatic N) is 3. The number of anilines is 1. The van der Waals surface area contributed by atoms with Crippen LogP contribution in [-0.4, -0.2) is 45.8 Å². The van der Waals surface area contributed by atoms with Gasteiger partial charge >= 0.3 is 0 Å². The molecule has 0 bridgehead atoms. The molecule has 2 aliphatic heterocycles. The Morgan fingerprint density at radius 2 is 2.21 bits per heavy atom. The predicted octanol–water partition coefficient (Wildman–Crippen LogP) is 2.66. The van der Waals surface area contributed by atoms with E-state index in [2.05, 4.69) is 57.1 Å². The van der Waals surface area contributed by atoms with E-state index in [1.54, 1.807) is 0 Å². The van der Waals surface area contributed by atoms with Crippen molar-refractivity contribution in [1.82, 2.24) is 14.5 Å². The molecule has 4 rings (SSSR count). The Balaban J connectivity index is 1.38. The third kappa shape index (κ3) is 3.32. The van der Waals surface area contributed by atoms with Crippen LogP contribution < -0.4 is 5.32 Å². The quantitative estimate of drug-likeness (QED) is 0.938. The summed E-state index contributed by atoms with van der Waals surface area (Å²) in [5.74, 6) is 1.13. The van der Waals surface area contributed by atoms with Crippen molar-refractivity contribution in [3.8, 4) is 0 Å². The third-order valence-electron chi connectivity index (χ3n) is 5.26. The van der Waals surface area contributed by atoms with Gasteiger partial charge in [-0.2, -0.15) is 0 Å².